The van der Waals surface area contributed by atoms with Crippen LogP contribution in [0.1, 0.15) is 6.42 Å². The molecule has 1 nitrogen and oxygen atoms in total. The summed E-state index contributed by atoms with van der Waals surface area (Å²) < 4.78 is 0.703. The number of hydrogen-bond acceptors (Lipinski definition) is 1. The van der Waals surface area contributed by atoms with Crippen LogP contribution in [0.2, 0.25) is 0 Å². The molecule has 9 heavy (non-hydrogen) atoms. The SMILES string of the molecule is NC1(Br)C=C(Br)C=CC1. The highest BCUT2D eigenvalue weighted by Crippen LogP contribution is 2.26. The first kappa shape index (κ1) is 7.51. The molecule has 0 aromatic rings. The molecule has 0 bridgehead atoms. The number of allylic oxidation sites excluding steroid dienone is 2. The van der Waals surface area contributed by atoms with Gasteiger partial charge in [0, 0.05) is 4.48 Å². The number of hydrogen-bond donors (Lipinski definition) is 1. The Kier molecular flexibility index (Phi) is 2.14. The summed E-state index contributed by atoms with van der Waals surface area (Å²) in [6, 6.07) is 0. The number of alkyl halides is 1. The average Bonchev–Trinajstić information content (AvgIpc) is 1.60. The summed E-state index contributed by atoms with van der Waals surface area (Å²) in [4.78, 5) is 0. The summed E-state index contributed by atoms with van der Waals surface area (Å²) >= 11 is 6.68. The summed E-state index contributed by atoms with van der Waals surface area (Å²) in [5.74, 6) is 0. The Balaban J connectivity index is 2.78. The molecule has 0 aromatic heterocycles. The van der Waals surface area contributed by atoms with Crippen molar-refractivity contribution in [3.63, 3.8) is 0 Å². The first-order valence-electron chi connectivity index (χ1n) is 2.63. The zero-order chi connectivity index (χ0) is 6.91. The van der Waals surface area contributed by atoms with Gasteiger partial charge in [0.05, 0.1) is 4.45 Å². The maximum absolute atomic E-state index is 5.73. The molecule has 1 unspecified atom stereocenters. The van der Waals surface area contributed by atoms with Crippen LogP contribution in [0.4, 0.5) is 0 Å². The molecule has 2 N–H and O–H groups in total. The fraction of sp³-hybridized carbons (Fsp3) is 0.333. The third-order valence-electron chi connectivity index (χ3n) is 1.09. The zero-order valence-corrected chi connectivity index (χ0v) is 7.94. The van der Waals surface area contributed by atoms with E-state index in [9.17, 15) is 0 Å². The Hall–Kier alpha value is 0.400. The van der Waals surface area contributed by atoms with Crippen LogP contribution in [0.15, 0.2) is 22.7 Å². The summed E-state index contributed by atoms with van der Waals surface area (Å²) in [6.07, 6.45) is 6.81. The number of rotatable bonds is 0. The van der Waals surface area contributed by atoms with Crippen LogP contribution in [0.3, 0.4) is 0 Å². The molecule has 1 aliphatic rings. The lowest BCUT2D eigenvalue weighted by Gasteiger charge is -2.18. The van der Waals surface area contributed by atoms with Crippen LogP contribution < -0.4 is 5.73 Å². The minimum Gasteiger partial charge on any atom is -0.313 e. The minimum absolute atomic E-state index is 0.333. The predicted octanol–water partition coefficient (Wildman–Crippen LogP) is 2.28. The van der Waals surface area contributed by atoms with Crippen molar-refractivity contribution < 1.29 is 0 Å². The van der Waals surface area contributed by atoms with E-state index in [4.69, 9.17) is 5.73 Å². The van der Waals surface area contributed by atoms with Gasteiger partial charge in [0.25, 0.3) is 0 Å². The average molecular weight is 253 g/mol. The monoisotopic (exact) mass is 251 g/mol. The first-order valence-corrected chi connectivity index (χ1v) is 4.21. The summed E-state index contributed by atoms with van der Waals surface area (Å²) in [5.41, 5.74) is 5.73. The topological polar surface area (TPSA) is 26.0 Å². The van der Waals surface area contributed by atoms with Crippen molar-refractivity contribution in [1.29, 1.82) is 0 Å². The Labute approximate surface area is 71.3 Å². The normalized spacial score (nSPS) is 34.3. The molecular formula is C6H7Br2N. The van der Waals surface area contributed by atoms with Gasteiger partial charge in [-0.1, -0.05) is 44.0 Å². The largest absolute Gasteiger partial charge is 0.313 e. The molecule has 1 atom stereocenters. The highest BCUT2D eigenvalue weighted by atomic mass is 79.9. The maximum Gasteiger partial charge on any atom is 0.0951 e. The van der Waals surface area contributed by atoms with Gasteiger partial charge in [-0.05, 0) is 12.5 Å². The van der Waals surface area contributed by atoms with Crippen LogP contribution in [0, 0.1) is 0 Å². The lowest BCUT2D eigenvalue weighted by molar-refractivity contribution is 0.773. The van der Waals surface area contributed by atoms with Gasteiger partial charge in [-0.25, -0.2) is 0 Å². The van der Waals surface area contributed by atoms with E-state index in [0.29, 0.717) is 0 Å². The molecule has 1 aliphatic carbocycles. The van der Waals surface area contributed by atoms with Crippen molar-refractivity contribution in [2.45, 2.75) is 10.9 Å². The smallest absolute Gasteiger partial charge is 0.0951 e. The van der Waals surface area contributed by atoms with Crippen LogP contribution in [-0.4, -0.2) is 4.45 Å². The van der Waals surface area contributed by atoms with Crippen LogP contribution in [0.25, 0.3) is 0 Å². The van der Waals surface area contributed by atoms with E-state index < -0.39 is 0 Å². The second-order valence-electron chi connectivity index (χ2n) is 2.06. The molecule has 0 heterocycles. The van der Waals surface area contributed by atoms with Crippen molar-refractivity contribution >= 4 is 31.9 Å². The lowest BCUT2D eigenvalue weighted by atomic mass is 10.1. The van der Waals surface area contributed by atoms with Gasteiger partial charge in [-0.2, -0.15) is 0 Å². The molecule has 0 radical (unpaired) electrons. The summed E-state index contributed by atoms with van der Waals surface area (Å²) in [6.45, 7) is 0. The van der Waals surface area contributed by atoms with Crippen LogP contribution >= 0.6 is 31.9 Å². The van der Waals surface area contributed by atoms with Crippen molar-refractivity contribution in [2.24, 2.45) is 5.73 Å². The van der Waals surface area contributed by atoms with Gasteiger partial charge in [0.2, 0.25) is 0 Å². The molecule has 0 amide bonds. The van der Waals surface area contributed by atoms with Gasteiger partial charge in [0.1, 0.15) is 0 Å². The van der Waals surface area contributed by atoms with E-state index >= 15 is 0 Å². The van der Waals surface area contributed by atoms with E-state index in [0.717, 1.165) is 10.9 Å². The van der Waals surface area contributed by atoms with Crippen molar-refractivity contribution in [1.82, 2.24) is 0 Å². The molecule has 0 aromatic carbocycles. The molecule has 0 aliphatic heterocycles. The maximum atomic E-state index is 5.73. The van der Waals surface area contributed by atoms with Crippen LogP contribution in [-0.2, 0) is 0 Å². The Morgan fingerprint density at radius 1 is 1.67 bits per heavy atom. The predicted molar refractivity (Wildman–Crippen MR) is 46.6 cm³/mol. The lowest BCUT2D eigenvalue weighted by Crippen LogP contribution is -2.30. The van der Waals surface area contributed by atoms with Crippen molar-refractivity contribution in [3.8, 4) is 0 Å². The number of halogens is 2. The molecule has 0 fully saturated rings. The van der Waals surface area contributed by atoms with Crippen LogP contribution in [0.5, 0.6) is 0 Å². The number of nitrogens with two attached hydrogens (primary N) is 1. The molecule has 0 spiro atoms. The summed E-state index contributed by atoms with van der Waals surface area (Å²) in [5, 5.41) is 0. The Morgan fingerprint density at radius 2 is 2.33 bits per heavy atom. The third kappa shape index (κ3) is 2.24. The Morgan fingerprint density at radius 3 is 2.67 bits per heavy atom. The van der Waals surface area contributed by atoms with Gasteiger partial charge in [-0.3, -0.25) is 0 Å². The zero-order valence-electron chi connectivity index (χ0n) is 4.77. The highest BCUT2D eigenvalue weighted by Gasteiger charge is 2.17. The standard InChI is InChI=1S/C6H7Br2N/c7-5-2-1-3-6(8,9)4-5/h1-2,4H,3,9H2. The van der Waals surface area contributed by atoms with Crippen molar-refractivity contribution in [3.05, 3.63) is 22.7 Å². The van der Waals surface area contributed by atoms with Gasteiger partial charge in [-0.15, -0.1) is 0 Å². The first-order chi connectivity index (χ1) is 4.10. The van der Waals surface area contributed by atoms with Gasteiger partial charge >= 0.3 is 0 Å². The van der Waals surface area contributed by atoms with E-state index in [2.05, 4.69) is 31.9 Å². The molecule has 0 saturated heterocycles. The Bertz CT molecular complexity index is 170. The molecule has 1 rings (SSSR count). The highest BCUT2D eigenvalue weighted by molar-refractivity contribution is 9.12. The second-order valence-corrected chi connectivity index (χ2v) is 4.45. The minimum atomic E-state index is -0.333. The van der Waals surface area contributed by atoms with E-state index in [-0.39, 0.29) is 4.45 Å². The van der Waals surface area contributed by atoms with Gasteiger partial charge < -0.3 is 5.73 Å². The second kappa shape index (κ2) is 2.56. The van der Waals surface area contributed by atoms with Crippen molar-refractivity contribution in [2.75, 3.05) is 0 Å². The third-order valence-corrected chi connectivity index (χ3v) is 2.13. The molecule has 50 valence electrons. The molecule has 0 saturated carbocycles. The quantitative estimate of drug-likeness (QED) is 0.520. The van der Waals surface area contributed by atoms with E-state index in [1.165, 1.54) is 0 Å². The molecular weight excluding hydrogens is 246 g/mol. The molecule has 3 heteroatoms. The van der Waals surface area contributed by atoms with Gasteiger partial charge in [0.15, 0.2) is 0 Å². The fourth-order valence-corrected chi connectivity index (χ4v) is 2.02. The summed E-state index contributed by atoms with van der Waals surface area (Å²) in [7, 11) is 0. The van der Waals surface area contributed by atoms with E-state index in [1.807, 2.05) is 18.2 Å². The van der Waals surface area contributed by atoms with E-state index in [1.54, 1.807) is 0 Å². The fourth-order valence-electron chi connectivity index (χ4n) is 0.688.